The van der Waals surface area contributed by atoms with Crippen molar-refractivity contribution >= 4 is 34.3 Å². The summed E-state index contributed by atoms with van der Waals surface area (Å²) in [5.74, 6) is 0.701. The van der Waals surface area contributed by atoms with E-state index in [9.17, 15) is 0 Å². The van der Waals surface area contributed by atoms with E-state index in [-0.39, 0.29) is 0 Å². The van der Waals surface area contributed by atoms with Gasteiger partial charge in [0, 0.05) is 5.19 Å². The summed E-state index contributed by atoms with van der Waals surface area (Å²) in [4.78, 5) is 0. The van der Waals surface area contributed by atoms with Crippen molar-refractivity contribution in [3.63, 3.8) is 0 Å². The third kappa shape index (κ3) is 3.03. The molecule has 0 aliphatic heterocycles. The van der Waals surface area contributed by atoms with Crippen molar-refractivity contribution in [1.29, 1.82) is 0 Å². The summed E-state index contributed by atoms with van der Waals surface area (Å²) in [5.41, 5.74) is 1.06. The molecule has 4 heteroatoms. The zero-order chi connectivity index (χ0) is 12.3. The number of rotatable bonds is 3. The van der Waals surface area contributed by atoms with Crippen LogP contribution < -0.4 is 9.61 Å². The molecule has 0 atom stereocenters. The zero-order valence-electron chi connectivity index (χ0n) is 9.36. The Kier molecular flexibility index (Phi) is 3.77. The Hall–Kier alpha value is -0.963. The second kappa shape index (κ2) is 5.13. The fourth-order valence-corrected chi connectivity index (χ4v) is 4.77. The van der Waals surface area contributed by atoms with E-state index in [0.29, 0.717) is 5.75 Å². The summed E-state index contributed by atoms with van der Waals surface area (Å²) in [6, 6.07) is 17.2. The number of halogens is 2. The highest BCUT2D eigenvalue weighted by atomic mass is 35.7. The average molecular weight is 283 g/mol. The van der Waals surface area contributed by atoms with E-state index >= 15 is 0 Å². The molecular formula is C13H12Cl2OSi. The molecule has 0 aliphatic rings. The van der Waals surface area contributed by atoms with E-state index < -0.39 is 6.94 Å². The molecule has 2 aromatic rings. The molecular weight excluding hydrogens is 271 g/mol. The number of para-hydroxylation sites is 1. The minimum Gasteiger partial charge on any atom is -0.515 e. The van der Waals surface area contributed by atoms with Crippen LogP contribution in [0.2, 0.25) is 0 Å². The molecule has 0 aliphatic carbocycles. The predicted molar refractivity (Wildman–Crippen MR) is 75.3 cm³/mol. The molecule has 1 nitrogen and oxygen atoms in total. The van der Waals surface area contributed by atoms with Crippen molar-refractivity contribution in [3.8, 4) is 5.75 Å². The summed E-state index contributed by atoms with van der Waals surface area (Å²) in [7, 11) is 0. The van der Waals surface area contributed by atoms with Crippen LogP contribution in [0.25, 0.3) is 0 Å². The van der Waals surface area contributed by atoms with Crippen LogP contribution in [-0.4, -0.2) is 6.94 Å². The predicted octanol–water partition coefficient (Wildman–Crippen LogP) is 3.70. The van der Waals surface area contributed by atoms with Crippen molar-refractivity contribution in [2.45, 2.75) is 6.92 Å². The maximum absolute atomic E-state index is 6.38. The number of hydrogen-bond acceptors (Lipinski definition) is 1. The van der Waals surface area contributed by atoms with Crippen LogP contribution in [0.15, 0.2) is 54.6 Å². The van der Waals surface area contributed by atoms with Crippen molar-refractivity contribution in [3.05, 3.63) is 60.2 Å². The van der Waals surface area contributed by atoms with Gasteiger partial charge in [-0.2, -0.15) is 0 Å². The highest BCUT2D eigenvalue weighted by Crippen LogP contribution is 2.22. The van der Waals surface area contributed by atoms with Crippen molar-refractivity contribution < 1.29 is 4.43 Å². The van der Waals surface area contributed by atoms with Gasteiger partial charge >= 0.3 is 6.94 Å². The Morgan fingerprint density at radius 2 is 1.47 bits per heavy atom. The smallest absolute Gasteiger partial charge is 0.484 e. The van der Waals surface area contributed by atoms with E-state index in [1.807, 2.05) is 61.5 Å². The molecule has 0 aromatic heterocycles. The monoisotopic (exact) mass is 282 g/mol. The number of hydrogen-bond donors (Lipinski definition) is 0. The fourth-order valence-electron chi connectivity index (χ4n) is 1.59. The molecule has 0 saturated heterocycles. The molecule has 0 radical (unpaired) electrons. The van der Waals surface area contributed by atoms with Gasteiger partial charge in [-0.05, 0) is 24.6 Å². The number of benzene rings is 2. The van der Waals surface area contributed by atoms with Gasteiger partial charge in [0.05, 0.1) is 0 Å². The molecule has 0 saturated carbocycles. The fraction of sp³-hybridized carbons (Fsp3) is 0.0769. The second-order valence-corrected chi connectivity index (χ2v) is 9.30. The molecule has 88 valence electrons. The van der Waals surface area contributed by atoms with Gasteiger partial charge in [-0.15, -0.1) is 0 Å². The third-order valence-electron chi connectivity index (χ3n) is 2.45. The van der Waals surface area contributed by atoms with Gasteiger partial charge in [0.25, 0.3) is 0 Å². The highest BCUT2D eigenvalue weighted by molar-refractivity contribution is 7.48. The van der Waals surface area contributed by atoms with Crippen molar-refractivity contribution in [2.75, 3.05) is 0 Å². The first kappa shape index (κ1) is 12.5. The van der Waals surface area contributed by atoms with Crippen LogP contribution in [0.3, 0.4) is 0 Å². The molecule has 0 amide bonds. The van der Waals surface area contributed by atoms with E-state index in [0.717, 1.165) is 10.8 Å². The van der Waals surface area contributed by atoms with Gasteiger partial charge in [0.1, 0.15) is 5.75 Å². The van der Waals surface area contributed by atoms with Gasteiger partial charge in [0.2, 0.25) is 0 Å². The normalized spacial score (nSPS) is 11.2. The number of aryl methyl sites for hydroxylation is 1. The first-order valence-corrected chi connectivity index (χ1v) is 9.21. The Morgan fingerprint density at radius 3 is 2.12 bits per heavy atom. The maximum atomic E-state index is 6.38. The summed E-state index contributed by atoms with van der Waals surface area (Å²) in [5, 5.41) is 0.896. The van der Waals surface area contributed by atoms with Crippen LogP contribution in [0.4, 0.5) is 0 Å². The molecule has 2 rings (SSSR count). The third-order valence-corrected chi connectivity index (χ3v) is 5.81. The first-order chi connectivity index (χ1) is 8.09. The molecule has 17 heavy (non-hydrogen) atoms. The zero-order valence-corrected chi connectivity index (χ0v) is 11.9. The Balaban J connectivity index is 2.28. The van der Waals surface area contributed by atoms with Gasteiger partial charge in [0.15, 0.2) is 0 Å². The van der Waals surface area contributed by atoms with Crippen LogP contribution in [0, 0.1) is 6.92 Å². The average Bonchev–Trinajstić information content (AvgIpc) is 2.30. The van der Waals surface area contributed by atoms with Gasteiger partial charge in [-0.3, -0.25) is 0 Å². The van der Waals surface area contributed by atoms with E-state index in [1.165, 1.54) is 0 Å². The summed E-state index contributed by atoms with van der Waals surface area (Å²) < 4.78 is 5.74. The lowest BCUT2D eigenvalue weighted by Gasteiger charge is -2.20. The lowest BCUT2D eigenvalue weighted by atomic mass is 10.2. The van der Waals surface area contributed by atoms with E-state index in [2.05, 4.69) is 0 Å². The lowest BCUT2D eigenvalue weighted by Crippen LogP contribution is -2.44. The van der Waals surface area contributed by atoms with Gasteiger partial charge < -0.3 is 4.43 Å². The summed E-state index contributed by atoms with van der Waals surface area (Å²) in [6.45, 7) is -0.938. The van der Waals surface area contributed by atoms with Crippen LogP contribution in [0.5, 0.6) is 5.75 Å². The molecule has 0 fully saturated rings. The largest absolute Gasteiger partial charge is 0.515 e. The van der Waals surface area contributed by atoms with Crippen LogP contribution >= 0.6 is 22.2 Å². The van der Waals surface area contributed by atoms with Crippen LogP contribution in [0.1, 0.15) is 5.56 Å². The van der Waals surface area contributed by atoms with Gasteiger partial charge in [-0.25, -0.2) is 0 Å². The lowest BCUT2D eigenvalue weighted by molar-refractivity contribution is 0.590. The maximum Gasteiger partial charge on any atom is 0.484 e. The van der Waals surface area contributed by atoms with E-state index in [1.54, 1.807) is 0 Å². The van der Waals surface area contributed by atoms with Gasteiger partial charge in [-0.1, -0.05) is 64.6 Å². The van der Waals surface area contributed by atoms with Crippen molar-refractivity contribution in [1.82, 2.24) is 0 Å². The summed E-state index contributed by atoms with van der Waals surface area (Å²) >= 11 is 12.8. The standard InChI is InChI=1S/C13H12Cl2OSi/c1-11-7-5-6-10-13(11)17(14,15)16-12-8-3-2-4-9-12/h2-10H,1H3. The molecule has 0 N–H and O–H groups in total. The van der Waals surface area contributed by atoms with Crippen LogP contribution in [-0.2, 0) is 0 Å². The Morgan fingerprint density at radius 1 is 0.882 bits per heavy atom. The molecule has 0 heterocycles. The highest BCUT2D eigenvalue weighted by Gasteiger charge is 2.37. The molecule has 2 aromatic carbocycles. The minimum atomic E-state index is -2.92. The Bertz CT molecular complexity index is 500. The SMILES string of the molecule is Cc1ccccc1[Si](Cl)(Cl)Oc1ccccc1. The Labute approximate surface area is 111 Å². The topological polar surface area (TPSA) is 9.23 Å². The minimum absolute atomic E-state index is 0.701. The molecule has 0 unspecified atom stereocenters. The molecule has 0 bridgehead atoms. The first-order valence-electron chi connectivity index (χ1n) is 5.27. The summed E-state index contributed by atoms with van der Waals surface area (Å²) in [6.07, 6.45) is 0. The second-order valence-electron chi connectivity index (χ2n) is 3.75. The van der Waals surface area contributed by atoms with Crippen molar-refractivity contribution in [2.24, 2.45) is 0 Å². The molecule has 0 spiro atoms. The van der Waals surface area contributed by atoms with E-state index in [4.69, 9.17) is 26.6 Å². The quantitative estimate of drug-likeness (QED) is 0.616.